The maximum Gasteiger partial charge on any atom is 0.258 e. The minimum absolute atomic E-state index is 0.0467. The van der Waals surface area contributed by atoms with Gasteiger partial charge in [-0.2, -0.15) is 0 Å². The monoisotopic (exact) mass is 193 g/mol. The Bertz CT molecular complexity index is 120. The van der Waals surface area contributed by atoms with Gasteiger partial charge in [-0.05, 0) is 6.42 Å². The Morgan fingerprint density at radius 2 is 2.17 bits per heavy atom. The fourth-order valence-electron chi connectivity index (χ4n) is 0.760. The van der Waals surface area contributed by atoms with Crippen molar-refractivity contribution in [2.75, 3.05) is 12.5 Å². The fourth-order valence-corrected chi connectivity index (χ4v) is 0.814. The number of hydroxylamine groups is 1. The largest absolute Gasteiger partial charge is 0.274 e. The molecule has 0 aliphatic carbocycles. The molecule has 1 amide bonds. The molecule has 12 heavy (non-hydrogen) atoms. The highest BCUT2D eigenvalue weighted by Crippen LogP contribution is 1.97. The molecular formula is C8H16ClNO2. The highest BCUT2D eigenvalue weighted by molar-refractivity contribution is 6.27. The van der Waals surface area contributed by atoms with E-state index >= 15 is 0 Å². The number of amides is 1. The lowest BCUT2D eigenvalue weighted by Gasteiger charge is -2.02. The SMILES string of the molecule is CCCCCCONC(=O)CCl. The van der Waals surface area contributed by atoms with Gasteiger partial charge in [0, 0.05) is 0 Å². The average Bonchev–Trinajstić information content (AvgIpc) is 2.10. The number of nitrogens with one attached hydrogen (secondary N) is 1. The van der Waals surface area contributed by atoms with Crippen molar-refractivity contribution in [2.45, 2.75) is 32.6 Å². The second-order valence-electron chi connectivity index (χ2n) is 2.57. The summed E-state index contributed by atoms with van der Waals surface area (Å²) in [6.45, 7) is 2.72. The molecule has 0 saturated carbocycles. The van der Waals surface area contributed by atoms with Crippen LogP contribution in [0.25, 0.3) is 0 Å². The Balaban J connectivity index is 2.95. The molecule has 0 aromatic rings. The van der Waals surface area contributed by atoms with Crippen molar-refractivity contribution in [3.05, 3.63) is 0 Å². The van der Waals surface area contributed by atoms with Gasteiger partial charge in [-0.1, -0.05) is 26.2 Å². The van der Waals surface area contributed by atoms with Crippen molar-refractivity contribution in [2.24, 2.45) is 0 Å². The van der Waals surface area contributed by atoms with E-state index < -0.39 is 0 Å². The van der Waals surface area contributed by atoms with Gasteiger partial charge in [0.25, 0.3) is 5.91 Å². The Morgan fingerprint density at radius 3 is 2.75 bits per heavy atom. The van der Waals surface area contributed by atoms with Crippen LogP contribution in [0.2, 0.25) is 0 Å². The van der Waals surface area contributed by atoms with Crippen LogP contribution in [0.1, 0.15) is 32.6 Å². The number of hydrogen-bond donors (Lipinski definition) is 1. The molecule has 0 spiro atoms. The van der Waals surface area contributed by atoms with Gasteiger partial charge in [0.2, 0.25) is 0 Å². The molecule has 0 aromatic heterocycles. The first-order valence-corrected chi connectivity index (χ1v) is 4.81. The molecule has 0 rings (SSSR count). The van der Waals surface area contributed by atoms with Crippen LogP contribution >= 0.6 is 11.6 Å². The summed E-state index contributed by atoms with van der Waals surface area (Å²) >= 11 is 5.22. The molecule has 0 aliphatic rings. The van der Waals surface area contributed by atoms with Crippen molar-refractivity contribution in [1.82, 2.24) is 5.48 Å². The van der Waals surface area contributed by atoms with Crippen LogP contribution in [0.15, 0.2) is 0 Å². The van der Waals surface area contributed by atoms with Crippen molar-refractivity contribution >= 4 is 17.5 Å². The minimum Gasteiger partial charge on any atom is -0.274 e. The van der Waals surface area contributed by atoms with E-state index in [1.807, 2.05) is 0 Å². The van der Waals surface area contributed by atoms with E-state index in [0.29, 0.717) is 6.61 Å². The normalized spacial score (nSPS) is 9.83. The number of alkyl halides is 1. The highest BCUT2D eigenvalue weighted by Gasteiger charge is 1.95. The van der Waals surface area contributed by atoms with Crippen LogP contribution in [-0.2, 0) is 9.63 Å². The van der Waals surface area contributed by atoms with E-state index in [2.05, 4.69) is 12.4 Å². The van der Waals surface area contributed by atoms with Gasteiger partial charge >= 0.3 is 0 Å². The minimum atomic E-state index is -0.285. The van der Waals surface area contributed by atoms with Crippen molar-refractivity contribution in [3.8, 4) is 0 Å². The van der Waals surface area contributed by atoms with E-state index in [0.717, 1.165) is 12.8 Å². The summed E-state index contributed by atoms with van der Waals surface area (Å²) in [5.74, 6) is -0.332. The third-order valence-corrected chi connectivity index (χ3v) is 1.65. The number of halogens is 1. The number of unbranched alkanes of at least 4 members (excludes halogenated alkanes) is 3. The van der Waals surface area contributed by atoms with E-state index in [9.17, 15) is 4.79 Å². The summed E-state index contributed by atoms with van der Waals surface area (Å²) in [5.41, 5.74) is 2.24. The summed E-state index contributed by atoms with van der Waals surface area (Å²) in [7, 11) is 0. The lowest BCUT2D eigenvalue weighted by atomic mass is 10.2. The zero-order chi connectivity index (χ0) is 9.23. The van der Waals surface area contributed by atoms with Gasteiger partial charge in [0.15, 0.2) is 0 Å². The Kier molecular flexibility index (Phi) is 8.61. The highest BCUT2D eigenvalue weighted by atomic mass is 35.5. The zero-order valence-corrected chi connectivity index (χ0v) is 8.19. The first-order valence-electron chi connectivity index (χ1n) is 4.27. The van der Waals surface area contributed by atoms with Crippen LogP contribution in [0.5, 0.6) is 0 Å². The molecule has 0 heterocycles. The van der Waals surface area contributed by atoms with Gasteiger partial charge in [0.05, 0.1) is 6.61 Å². The van der Waals surface area contributed by atoms with Gasteiger partial charge in [-0.15, -0.1) is 11.6 Å². The summed E-state index contributed by atoms with van der Waals surface area (Å²) in [5, 5.41) is 0. The molecule has 1 N–H and O–H groups in total. The van der Waals surface area contributed by atoms with Gasteiger partial charge in [-0.3, -0.25) is 9.63 Å². The number of rotatable bonds is 7. The molecule has 0 fully saturated rings. The van der Waals surface area contributed by atoms with E-state index in [-0.39, 0.29) is 11.8 Å². The molecule has 3 nitrogen and oxygen atoms in total. The predicted octanol–water partition coefficient (Wildman–Crippen LogP) is 1.85. The molecule has 0 radical (unpaired) electrons. The Hall–Kier alpha value is -0.280. The van der Waals surface area contributed by atoms with E-state index in [1.54, 1.807) is 0 Å². The molecule has 0 saturated heterocycles. The second-order valence-corrected chi connectivity index (χ2v) is 2.84. The lowest BCUT2D eigenvalue weighted by molar-refractivity contribution is -0.130. The maximum absolute atomic E-state index is 10.5. The third kappa shape index (κ3) is 7.82. The molecule has 72 valence electrons. The summed E-state index contributed by atoms with van der Waals surface area (Å²) in [6.07, 6.45) is 4.55. The lowest BCUT2D eigenvalue weighted by Crippen LogP contribution is -2.25. The molecule has 0 aromatic carbocycles. The van der Waals surface area contributed by atoms with Crippen molar-refractivity contribution < 1.29 is 9.63 Å². The average molecular weight is 194 g/mol. The molecule has 0 unspecified atom stereocenters. The van der Waals surface area contributed by atoms with E-state index in [4.69, 9.17) is 16.4 Å². The third-order valence-electron chi connectivity index (χ3n) is 1.41. The maximum atomic E-state index is 10.5. The predicted molar refractivity (Wildman–Crippen MR) is 49.0 cm³/mol. The molecule has 0 bridgehead atoms. The number of hydrogen-bond acceptors (Lipinski definition) is 2. The smallest absolute Gasteiger partial charge is 0.258 e. The van der Waals surface area contributed by atoms with Crippen LogP contribution in [-0.4, -0.2) is 18.4 Å². The van der Waals surface area contributed by atoms with Gasteiger partial charge in [-0.25, -0.2) is 5.48 Å². The topological polar surface area (TPSA) is 38.3 Å². The number of carbonyl (C=O) groups is 1. The van der Waals surface area contributed by atoms with E-state index in [1.165, 1.54) is 12.8 Å². The van der Waals surface area contributed by atoms with Crippen LogP contribution in [0, 0.1) is 0 Å². The van der Waals surface area contributed by atoms with Crippen molar-refractivity contribution in [3.63, 3.8) is 0 Å². The Labute approximate surface area is 78.4 Å². The van der Waals surface area contributed by atoms with Gasteiger partial charge < -0.3 is 0 Å². The summed E-state index contributed by atoms with van der Waals surface area (Å²) in [6, 6.07) is 0. The first-order chi connectivity index (χ1) is 5.81. The molecule has 0 atom stereocenters. The zero-order valence-electron chi connectivity index (χ0n) is 7.44. The summed E-state index contributed by atoms with van der Waals surface area (Å²) in [4.78, 5) is 15.4. The Morgan fingerprint density at radius 1 is 1.42 bits per heavy atom. The van der Waals surface area contributed by atoms with Crippen LogP contribution in [0.3, 0.4) is 0 Å². The van der Waals surface area contributed by atoms with Crippen LogP contribution < -0.4 is 5.48 Å². The van der Waals surface area contributed by atoms with Crippen molar-refractivity contribution in [1.29, 1.82) is 0 Å². The first kappa shape index (κ1) is 11.7. The quantitative estimate of drug-likeness (QED) is 0.381. The molecule has 4 heteroatoms. The molecular weight excluding hydrogens is 178 g/mol. The van der Waals surface area contributed by atoms with Crippen LogP contribution in [0.4, 0.5) is 0 Å². The number of carbonyl (C=O) groups excluding carboxylic acids is 1. The second kappa shape index (κ2) is 8.81. The molecule has 0 aliphatic heterocycles. The summed E-state index contributed by atoms with van der Waals surface area (Å²) < 4.78 is 0. The fraction of sp³-hybridized carbons (Fsp3) is 0.875. The van der Waals surface area contributed by atoms with Gasteiger partial charge in [0.1, 0.15) is 5.88 Å². The standard InChI is InChI=1S/C8H16ClNO2/c1-2-3-4-5-6-12-10-8(11)7-9/h2-7H2,1H3,(H,10,11).